The van der Waals surface area contributed by atoms with Crippen LogP contribution >= 0.6 is 0 Å². The normalized spacial score (nSPS) is 19.2. The van der Waals surface area contributed by atoms with E-state index in [2.05, 4.69) is 50.3 Å². The van der Waals surface area contributed by atoms with Crippen molar-refractivity contribution in [1.82, 2.24) is 29.4 Å². The number of anilines is 2. The number of unbranched alkanes of at least 4 members (excludes halogenated alkanes) is 2. The Hall–Kier alpha value is -7.89. The first-order chi connectivity index (χ1) is 46.6. The van der Waals surface area contributed by atoms with E-state index < -0.39 is 59.2 Å². The van der Waals surface area contributed by atoms with Crippen molar-refractivity contribution in [2.45, 2.75) is 119 Å². The number of hydrogen-bond donors (Lipinski definition) is 2. The standard InChI is InChI=1S/C75H87F7N8O7/c1-84(34-13-35-88-36-27-54-46-62(26-21-56(54)49-88)83-33-12-4-7-20-68(91)85(2)42-43-86-37-28-63(29-38-86)90(71(94)95)66-19-11-9-17-64(66)53-14-5-3-6-15-53)69(92)50-96-67-47-55-16-8-10-18-65(55)72(67)30-39-87(40-31-72)41-32-73(58-22-24-61(76)25-23-58)51-89(52-97-73)70(93)57-44-59(74(77,78)79)48-60(45-57)75(80,81)82/h3,5-6,8-11,14-19,21-26,44-46,48,63,67,83H,4,7,12-13,20,27-43,47,49-52H2,1-2H3,(H,94,95)/t67-,73-/m0/s1. The van der Waals surface area contributed by atoms with Gasteiger partial charge in [0, 0.05) is 114 Å². The minimum absolute atomic E-state index is 0.0190. The fraction of sp³-hybridized carbons (Fsp3) is 0.467. The summed E-state index contributed by atoms with van der Waals surface area (Å²) in [4.78, 5) is 66.5. The third-order valence-electron chi connectivity index (χ3n) is 20.6. The molecule has 4 heterocycles. The van der Waals surface area contributed by atoms with Crippen LogP contribution in [0.15, 0.2) is 140 Å². The number of ether oxygens (including phenoxy) is 2. The lowest BCUT2D eigenvalue weighted by atomic mass is 9.72. The zero-order valence-electron chi connectivity index (χ0n) is 55.2. The quantitative estimate of drug-likeness (QED) is 0.0418. The van der Waals surface area contributed by atoms with Crippen LogP contribution in [0.3, 0.4) is 0 Å². The van der Waals surface area contributed by atoms with Crippen molar-refractivity contribution < 1.29 is 64.5 Å². The molecule has 22 heteroatoms. The summed E-state index contributed by atoms with van der Waals surface area (Å²) in [5, 5.41) is 14.0. The molecule has 518 valence electrons. The molecule has 1 aliphatic carbocycles. The number of benzene rings is 6. The molecule has 0 bridgehead atoms. The minimum atomic E-state index is -5.14. The zero-order valence-corrected chi connectivity index (χ0v) is 55.2. The number of fused-ring (bicyclic) bond motifs is 3. The van der Waals surface area contributed by atoms with E-state index in [0.29, 0.717) is 81.8 Å². The molecule has 5 aliphatic rings. The van der Waals surface area contributed by atoms with Gasteiger partial charge in [-0.25, -0.2) is 9.18 Å². The van der Waals surface area contributed by atoms with E-state index in [-0.39, 0.29) is 55.0 Å². The Morgan fingerprint density at radius 2 is 1.35 bits per heavy atom. The van der Waals surface area contributed by atoms with Crippen LogP contribution in [-0.2, 0) is 61.8 Å². The van der Waals surface area contributed by atoms with Gasteiger partial charge in [-0.1, -0.05) is 97.4 Å². The molecule has 3 saturated heterocycles. The number of nitrogens with one attached hydrogen (secondary N) is 1. The number of para-hydroxylation sites is 1. The molecule has 0 aromatic heterocycles. The van der Waals surface area contributed by atoms with Crippen LogP contribution in [0.1, 0.15) is 114 Å². The molecule has 0 radical (unpaired) electrons. The van der Waals surface area contributed by atoms with Gasteiger partial charge in [0.1, 0.15) is 24.8 Å². The number of likely N-dealkylation sites (tertiary alicyclic amines) is 2. The lowest BCUT2D eigenvalue weighted by Gasteiger charge is -2.44. The van der Waals surface area contributed by atoms with Crippen LogP contribution in [0, 0.1) is 5.82 Å². The third kappa shape index (κ3) is 17.0. The molecular formula is C75H87F7N8O7. The fourth-order valence-corrected chi connectivity index (χ4v) is 15.0. The Morgan fingerprint density at radius 1 is 0.670 bits per heavy atom. The molecule has 4 amide bonds. The number of likely N-dealkylation sites (N-methyl/N-ethyl adjacent to an activating group) is 2. The largest absolute Gasteiger partial charge is 0.465 e. The molecule has 0 unspecified atom stereocenters. The molecular weight excluding hydrogens is 1260 g/mol. The van der Waals surface area contributed by atoms with Gasteiger partial charge in [0.2, 0.25) is 11.8 Å². The number of carboxylic acid groups (broad SMARTS) is 1. The first-order valence-corrected chi connectivity index (χ1v) is 33.9. The molecule has 11 rings (SSSR count). The van der Waals surface area contributed by atoms with E-state index in [0.717, 1.165) is 112 Å². The van der Waals surface area contributed by atoms with E-state index in [4.69, 9.17) is 9.47 Å². The maximum atomic E-state index is 14.3. The van der Waals surface area contributed by atoms with Crippen LogP contribution in [0.5, 0.6) is 0 Å². The molecule has 4 aliphatic heterocycles. The number of amides is 4. The Kier molecular flexibility index (Phi) is 22.4. The van der Waals surface area contributed by atoms with E-state index in [9.17, 15) is 55.0 Å². The Morgan fingerprint density at radius 3 is 2.07 bits per heavy atom. The Labute approximate surface area is 563 Å². The number of carbonyl (C=O) groups excluding carboxylic acids is 3. The van der Waals surface area contributed by atoms with Crippen molar-refractivity contribution >= 4 is 35.2 Å². The summed E-state index contributed by atoms with van der Waals surface area (Å²) < 4.78 is 110. The van der Waals surface area contributed by atoms with Crippen molar-refractivity contribution in [2.24, 2.45) is 0 Å². The van der Waals surface area contributed by atoms with Crippen LogP contribution in [0.2, 0.25) is 0 Å². The van der Waals surface area contributed by atoms with Crippen LogP contribution < -0.4 is 10.2 Å². The second-order valence-electron chi connectivity index (χ2n) is 26.8. The van der Waals surface area contributed by atoms with E-state index >= 15 is 0 Å². The van der Waals surface area contributed by atoms with E-state index in [1.165, 1.54) is 46.5 Å². The van der Waals surface area contributed by atoms with Gasteiger partial charge in [-0.3, -0.25) is 24.2 Å². The highest BCUT2D eigenvalue weighted by molar-refractivity contribution is 5.95. The van der Waals surface area contributed by atoms with Crippen molar-refractivity contribution in [3.63, 3.8) is 0 Å². The molecule has 15 nitrogen and oxygen atoms in total. The molecule has 0 saturated carbocycles. The topological polar surface area (TPSA) is 142 Å². The van der Waals surface area contributed by atoms with Gasteiger partial charge in [0.05, 0.1) is 29.5 Å². The smallest absolute Gasteiger partial charge is 0.416 e. The average Bonchev–Trinajstić information content (AvgIpc) is 1.60. The second-order valence-corrected chi connectivity index (χ2v) is 26.8. The van der Waals surface area contributed by atoms with E-state index in [1.54, 1.807) is 9.80 Å². The Bertz CT molecular complexity index is 3660. The van der Waals surface area contributed by atoms with Crippen molar-refractivity contribution in [2.75, 3.05) is 116 Å². The van der Waals surface area contributed by atoms with Gasteiger partial charge < -0.3 is 44.4 Å². The van der Waals surface area contributed by atoms with Gasteiger partial charge in [-0.15, -0.1) is 0 Å². The number of alkyl halides is 6. The number of halogens is 7. The molecule has 3 fully saturated rings. The lowest BCUT2D eigenvalue weighted by molar-refractivity contribution is -0.143. The number of nitrogens with zero attached hydrogens (tertiary/aromatic N) is 7. The van der Waals surface area contributed by atoms with Gasteiger partial charge in [-0.2, -0.15) is 26.3 Å². The van der Waals surface area contributed by atoms with Crippen molar-refractivity contribution in [3.8, 4) is 11.1 Å². The number of hydrogen-bond acceptors (Lipinski definition) is 10. The highest BCUT2D eigenvalue weighted by Crippen LogP contribution is 2.49. The summed E-state index contributed by atoms with van der Waals surface area (Å²) in [5.74, 6) is -1.53. The summed E-state index contributed by atoms with van der Waals surface area (Å²) in [6.45, 7) is 7.95. The predicted molar refractivity (Wildman–Crippen MR) is 357 cm³/mol. The highest BCUT2D eigenvalue weighted by atomic mass is 19.4. The molecule has 6 aromatic carbocycles. The molecule has 2 atom stereocenters. The summed E-state index contributed by atoms with van der Waals surface area (Å²) in [6, 6.07) is 38.6. The second kappa shape index (κ2) is 30.9. The minimum Gasteiger partial charge on any atom is -0.465 e. The maximum Gasteiger partial charge on any atom is 0.416 e. The monoisotopic (exact) mass is 1340 g/mol. The number of carbonyl (C=O) groups is 4. The van der Waals surface area contributed by atoms with Crippen molar-refractivity contribution in [3.05, 3.63) is 190 Å². The van der Waals surface area contributed by atoms with Gasteiger partial charge in [0.25, 0.3) is 5.91 Å². The van der Waals surface area contributed by atoms with Gasteiger partial charge in [-0.05, 0) is 159 Å². The van der Waals surface area contributed by atoms with Crippen LogP contribution in [0.4, 0.5) is 46.9 Å². The predicted octanol–water partition coefficient (Wildman–Crippen LogP) is 13.2. The lowest BCUT2D eigenvalue weighted by Crippen LogP contribution is -2.50. The first kappa shape index (κ1) is 70.4. The maximum absolute atomic E-state index is 14.3. The summed E-state index contributed by atoms with van der Waals surface area (Å²) >= 11 is 0. The first-order valence-electron chi connectivity index (χ1n) is 33.9. The fourth-order valence-electron chi connectivity index (χ4n) is 15.0. The van der Waals surface area contributed by atoms with Crippen molar-refractivity contribution in [1.29, 1.82) is 0 Å². The highest BCUT2D eigenvalue weighted by Gasteiger charge is 2.50. The van der Waals surface area contributed by atoms with Crippen LogP contribution in [-0.4, -0.2) is 176 Å². The van der Waals surface area contributed by atoms with Gasteiger partial charge >= 0.3 is 18.4 Å². The average molecular weight is 1350 g/mol. The molecule has 1 spiro atoms. The molecule has 2 N–H and O–H groups in total. The summed E-state index contributed by atoms with van der Waals surface area (Å²) in [5.41, 5.74) is 3.62. The summed E-state index contributed by atoms with van der Waals surface area (Å²) in [7, 11) is 3.69. The zero-order chi connectivity index (χ0) is 68.5. The van der Waals surface area contributed by atoms with Crippen LogP contribution in [0.25, 0.3) is 11.1 Å². The Balaban J connectivity index is 0.577. The van der Waals surface area contributed by atoms with Gasteiger partial charge in [0.15, 0.2) is 0 Å². The molecule has 97 heavy (non-hydrogen) atoms. The third-order valence-corrected chi connectivity index (χ3v) is 20.6. The number of piperidine rings is 2. The SMILES string of the molecule is CN(CCN1CCC(N(C(=O)O)c2ccccc2-c2ccccc2)CC1)C(=O)CCCCCNc1ccc2c(c1)CCN(CCCN(C)C(=O)CO[C@H]1Cc3ccccc3C13CCN(CC[C@@]1(c4ccc(F)cc4)CN(C(=O)c4cc(C(F)(F)F)cc(C(F)(F)F)c4)CO1)CC3)C2. The summed E-state index contributed by atoms with van der Waals surface area (Å²) in [6.07, 6.45) is -2.74. The molecule has 6 aromatic rings. The van der Waals surface area contributed by atoms with E-state index in [1.807, 2.05) is 85.7 Å². The number of rotatable bonds is 25.